The minimum atomic E-state index is -1.27. The minimum Gasteiger partial charge on any atom is -0.394 e. The number of aliphatic hydroxyl groups is 3. The van der Waals surface area contributed by atoms with Gasteiger partial charge in [-0.25, -0.2) is 4.98 Å². The molecule has 22 heavy (non-hydrogen) atoms. The molecule has 5 atom stereocenters. The second-order valence-corrected chi connectivity index (χ2v) is 5.36. The largest absolute Gasteiger partial charge is 0.394 e. The molecule has 1 aliphatic rings. The Morgan fingerprint density at radius 1 is 1.45 bits per heavy atom. The topological polar surface area (TPSA) is 160 Å². The first-order valence-corrected chi connectivity index (χ1v) is 6.78. The molecule has 0 radical (unpaired) electrons. The van der Waals surface area contributed by atoms with Crippen LogP contribution in [0.15, 0.2) is 11.1 Å². The molecule has 0 spiro atoms. The first-order valence-electron chi connectivity index (χ1n) is 6.78. The number of ether oxygens (including phenoxy) is 1. The van der Waals surface area contributed by atoms with Crippen LogP contribution in [-0.4, -0.2) is 59.8 Å². The highest BCUT2D eigenvalue weighted by Gasteiger charge is 2.43. The van der Waals surface area contributed by atoms with E-state index in [-0.39, 0.29) is 23.7 Å². The first-order chi connectivity index (χ1) is 10.4. The van der Waals surface area contributed by atoms with Gasteiger partial charge < -0.3 is 25.8 Å². The van der Waals surface area contributed by atoms with Crippen molar-refractivity contribution in [1.82, 2.24) is 19.5 Å². The van der Waals surface area contributed by atoms with Gasteiger partial charge in [0, 0.05) is 5.92 Å². The van der Waals surface area contributed by atoms with Gasteiger partial charge in [-0.2, -0.15) is 4.98 Å². The Hall–Kier alpha value is -2.01. The van der Waals surface area contributed by atoms with Crippen molar-refractivity contribution in [3.05, 3.63) is 16.7 Å². The summed E-state index contributed by atoms with van der Waals surface area (Å²) in [5.74, 6) is -0.551. The summed E-state index contributed by atoms with van der Waals surface area (Å²) >= 11 is 0. The van der Waals surface area contributed by atoms with Crippen LogP contribution in [0.1, 0.15) is 13.2 Å². The lowest BCUT2D eigenvalue weighted by molar-refractivity contribution is -0.229. The Kier molecular flexibility index (Phi) is 3.60. The Balaban J connectivity index is 2.08. The van der Waals surface area contributed by atoms with Crippen molar-refractivity contribution in [2.45, 2.75) is 31.5 Å². The Morgan fingerprint density at radius 2 is 2.18 bits per heavy atom. The van der Waals surface area contributed by atoms with E-state index >= 15 is 0 Å². The SMILES string of the molecule is CC1[C@@H](CO)O[C@H](n2cnc3c(=O)[nH]c(N)nc32)[C@@H](O)[C@H]1O. The second kappa shape index (κ2) is 5.32. The van der Waals surface area contributed by atoms with Gasteiger partial charge in [-0.3, -0.25) is 14.3 Å². The molecule has 120 valence electrons. The smallest absolute Gasteiger partial charge is 0.280 e. The molecule has 3 heterocycles. The van der Waals surface area contributed by atoms with Crippen LogP contribution in [-0.2, 0) is 4.74 Å². The summed E-state index contributed by atoms with van der Waals surface area (Å²) in [6.45, 7) is 1.35. The highest BCUT2D eigenvalue weighted by molar-refractivity contribution is 5.70. The normalized spacial score (nSPS) is 32.5. The van der Waals surface area contributed by atoms with Crippen molar-refractivity contribution >= 4 is 17.1 Å². The molecular formula is C12H17N5O5. The van der Waals surface area contributed by atoms with Crippen LogP contribution in [0.3, 0.4) is 0 Å². The number of nitrogens with zero attached hydrogens (tertiary/aromatic N) is 3. The minimum absolute atomic E-state index is 0.0404. The number of aromatic nitrogens is 4. The predicted molar refractivity (Wildman–Crippen MR) is 74.7 cm³/mol. The number of hydrogen-bond acceptors (Lipinski definition) is 8. The van der Waals surface area contributed by atoms with Gasteiger partial charge in [0.2, 0.25) is 5.95 Å². The van der Waals surface area contributed by atoms with Crippen molar-refractivity contribution in [3.63, 3.8) is 0 Å². The van der Waals surface area contributed by atoms with Gasteiger partial charge in [0.05, 0.1) is 25.1 Å². The van der Waals surface area contributed by atoms with E-state index in [9.17, 15) is 20.1 Å². The van der Waals surface area contributed by atoms with Crippen LogP contribution < -0.4 is 11.3 Å². The summed E-state index contributed by atoms with van der Waals surface area (Å²) in [4.78, 5) is 22.0. The van der Waals surface area contributed by atoms with E-state index in [1.165, 1.54) is 10.9 Å². The number of imidazole rings is 1. The van der Waals surface area contributed by atoms with E-state index in [0.29, 0.717) is 0 Å². The molecule has 0 saturated carbocycles. The fourth-order valence-electron chi connectivity index (χ4n) is 2.65. The number of anilines is 1. The maximum atomic E-state index is 11.8. The summed E-state index contributed by atoms with van der Waals surface area (Å²) in [5.41, 5.74) is 5.17. The van der Waals surface area contributed by atoms with Crippen LogP contribution in [0.5, 0.6) is 0 Å². The maximum Gasteiger partial charge on any atom is 0.280 e. The molecule has 1 unspecified atom stereocenters. The predicted octanol–water partition coefficient (Wildman–Crippen LogP) is -2.05. The number of aliphatic hydroxyl groups excluding tert-OH is 3. The van der Waals surface area contributed by atoms with Gasteiger partial charge >= 0.3 is 0 Å². The van der Waals surface area contributed by atoms with E-state index in [0.717, 1.165) is 0 Å². The average Bonchev–Trinajstić information content (AvgIpc) is 2.89. The van der Waals surface area contributed by atoms with E-state index in [1.807, 2.05) is 0 Å². The third-order valence-electron chi connectivity index (χ3n) is 3.99. The molecule has 6 N–H and O–H groups in total. The van der Waals surface area contributed by atoms with Gasteiger partial charge in [0.15, 0.2) is 17.4 Å². The van der Waals surface area contributed by atoms with Gasteiger partial charge in [-0.05, 0) is 0 Å². The monoisotopic (exact) mass is 311 g/mol. The third-order valence-corrected chi connectivity index (χ3v) is 3.99. The lowest BCUT2D eigenvalue weighted by atomic mass is 9.90. The van der Waals surface area contributed by atoms with Gasteiger partial charge in [-0.15, -0.1) is 0 Å². The summed E-state index contributed by atoms with van der Waals surface area (Å²) < 4.78 is 6.96. The standard InChI is InChI=1S/C12H17N5O5/c1-4-5(2-18)22-11(8(20)7(4)19)17-3-14-6-9(17)15-12(13)16-10(6)21/h3-5,7-8,11,18-20H,2H2,1H3,(H3,13,15,16,21)/t4?,5-,7+,8+,11+/m1/s1. The summed E-state index contributed by atoms with van der Waals surface area (Å²) in [7, 11) is 0. The van der Waals surface area contributed by atoms with Gasteiger partial charge in [0.1, 0.15) is 6.10 Å². The molecule has 0 aliphatic carbocycles. The van der Waals surface area contributed by atoms with Crippen molar-refractivity contribution in [2.24, 2.45) is 5.92 Å². The Bertz CT molecular complexity index is 741. The summed E-state index contributed by atoms with van der Waals surface area (Å²) in [5, 5.41) is 29.7. The highest BCUT2D eigenvalue weighted by Crippen LogP contribution is 2.32. The Morgan fingerprint density at radius 3 is 2.86 bits per heavy atom. The van der Waals surface area contributed by atoms with E-state index in [1.54, 1.807) is 6.92 Å². The zero-order valence-electron chi connectivity index (χ0n) is 11.7. The lowest BCUT2D eigenvalue weighted by Gasteiger charge is -2.41. The van der Waals surface area contributed by atoms with Crippen LogP contribution in [0, 0.1) is 5.92 Å². The first kappa shape index (κ1) is 14.9. The molecule has 10 heteroatoms. The zero-order valence-corrected chi connectivity index (χ0v) is 11.7. The van der Waals surface area contributed by atoms with Crippen LogP contribution in [0.2, 0.25) is 0 Å². The number of rotatable bonds is 2. The fourth-order valence-corrected chi connectivity index (χ4v) is 2.65. The van der Waals surface area contributed by atoms with Crippen LogP contribution >= 0.6 is 0 Å². The van der Waals surface area contributed by atoms with E-state index < -0.39 is 36.0 Å². The Labute approximate surface area is 124 Å². The molecule has 1 fully saturated rings. The van der Waals surface area contributed by atoms with Crippen LogP contribution in [0.25, 0.3) is 11.2 Å². The molecule has 0 aromatic carbocycles. The van der Waals surface area contributed by atoms with E-state index in [4.69, 9.17) is 10.5 Å². The maximum absolute atomic E-state index is 11.8. The average molecular weight is 311 g/mol. The van der Waals surface area contributed by atoms with Crippen LogP contribution in [0.4, 0.5) is 5.95 Å². The number of aromatic amines is 1. The summed E-state index contributed by atoms with van der Waals surface area (Å²) in [6, 6.07) is 0. The number of H-pyrrole nitrogens is 1. The van der Waals surface area contributed by atoms with E-state index in [2.05, 4.69) is 15.0 Å². The zero-order chi connectivity index (χ0) is 16.0. The lowest BCUT2D eigenvalue weighted by Crippen LogP contribution is -2.52. The number of fused-ring (bicyclic) bond motifs is 1. The molecule has 10 nitrogen and oxygen atoms in total. The third kappa shape index (κ3) is 2.16. The summed E-state index contributed by atoms with van der Waals surface area (Å²) in [6.07, 6.45) is -2.80. The molecule has 0 bridgehead atoms. The number of nitrogens with one attached hydrogen (secondary N) is 1. The number of nitrogens with two attached hydrogens (primary N) is 1. The van der Waals surface area contributed by atoms with Gasteiger partial charge in [-0.1, -0.05) is 6.92 Å². The van der Waals surface area contributed by atoms with Crippen molar-refractivity contribution in [2.75, 3.05) is 12.3 Å². The number of hydrogen-bond donors (Lipinski definition) is 5. The van der Waals surface area contributed by atoms with Crippen molar-refractivity contribution < 1.29 is 20.1 Å². The number of nitrogen functional groups attached to an aromatic ring is 1. The molecule has 1 aliphatic heterocycles. The molecule has 3 rings (SSSR count). The fraction of sp³-hybridized carbons (Fsp3) is 0.583. The van der Waals surface area contributed by atoms with Crippen molar-refractivity contribution in [1.29, 1.82) is 0 Å². The van der Waals surface area contributed by atoms with Crippen molar-refractivity contribution in [3.8, 4) is 0 Å². The molecule has 2 aromatic heterocycles. The highest BCUT2D eigenvalue weighted by atomic mass is 16.5. The molecule has 2 aromatic rings. The quantitative estimate of drug-likeness (QED) is 0.423. The second-order valence-electron chi connectivity index (χ2n) is 5.36. The molecular weight excluding hydrogens is 294 g/mol. The van der Waals surface area contributed by atoms with Gasteiger partial charge in [0.25, 0.3) is 5.56 Å². The molecule has 0 amide bonds. The molecule has 1 saturated heterocycles.